The summed E-state index contributed by atoms with van der Waals surface area (Å²) in [6.45, 7) is 8.01. The van der Waals surface area contributed by atoms with Gasteiger partial charge in [0.2, 0.25) is 0 Å². The number of rotatable bonds is 4. The molecule has 1 aromatic rings. The standard InChI is InChI=1S/C13H19NO3/c1-8(2)11-7-10(13(15)17-14)5-6-12(11)16-9(3)4/h5-9H,14H2,1-4H3. The minimum absolute atomic E-state index is 0.0970. The number of carbonyl (C=O) groups excluding carboxylic acids is 1. The first-order chi connectivity index (χ1) is 7.95. The molecule has 0 aromatic heterocycles. The van der Waals surface area contributed by atoms with Gasteiger partial charge in [0.25, 0.3) is 0 Å². The van der Waals surface area contributed by atoms with Gasteiger partial charge < -0.3 is 9.57 Å². The molecule has 0 spiro atoms. The smallest absolute Gasteiger partial charge is 0.356 e. The maximum atomic E-state index is 11.3. The van der Waals surface area contributed by atoms with Crippen LogP contribution in [-0.2, 0) is 4.84 Å². The Morgan fingerprint density at radius 1 is 1.24 bits per heavy atom. The lowest BCUT2D eigenvalue weighted by Crippen LogP contribution is -2.12. The Morgan fingerprint density at radius 2 is 1.88 bits per heavy atom. The molecule has 0 amide bonds. The molecule has 94 valence electrons. The zero-order chi connectivity index (χ0) is 13.0. The molecule has 17 heavy (non-hydrogen) atoms. The maximum Gasteiger partial charge on any atom is 0.356 e. The average molecular weight is 237 g/mol. The number of ether oxygens (including phenoxy) is 1. The minimum Gasteiger partial charge on any atom is -0.491 e. The summed E-state index contributed by atoms with van der Waals surface area (Å²) in [5.41, 5.74) is 1.41. The highest BCUT2D eigenvalue weighted by molar-refractivity contribution is 5.89. The van der Waals surface area contributed by atoms with Gasteiger partial charge in [0.15, 0.2) is 0 Å². The zero-order valence-electron chi connectivity index (χ0n) is 10.7. The summed E-state index contributed by atoms with van der Waals surface area (Å²) < 4.78 is 5.69. The topological polar surface area (TPSA) is 61.5 Å². The van der Waals surface area contributed by atoms with E-state index in [1.54, 1.807) is 18.2 Å². The molecular formula is C13H19NO3. The van der Waals surface area contributed by atoms with E-state index in [4.69, 9.17) is 10.6 Å². The lowest BCUT2D eigenvalue weighted by molar-refractivity contribution is 0.0503. The quantitative estimate of drug-likeness (QED) is 0.818. The Morgan fingerprint density at radius 3 is 2.35 bits per heavy atom. The van der Waals surface area contributed by atoms with Crippen LogP contribution in [0, 0.1) is 0 Å². The van der Waals surface area contributed by atoms with Crippen molar-refractivity contribution in [1.29, 1.82) is 0 Å². The Kier molecular flexibility index (Phi) is 4.52. The Labute approximate surface area is 102 Å². The molecule has 4 heteroatoms. The zero-order valence-corrected chi connectivity index (χ0v) is 10.7. The van der Waals surface area contributed by atoms with Crippen LogP contribution in [0.1, 0.15) is 49.5 Å². The Bertz CT molecular complexity index is 400. The largest absolute Gasteiger partial charge is 0.491 e. The average Bonchev–Trinajstić information content (AvgIpc) is 2.27. The number of benzene rings is 1. The van der Waals surface area contributed by atoms with Crippen molar-refractivity contribution in [3.05, 3.63) is 29.3 Å². The van der Waals surface area contributed by atoms with E-state index >= 15 is 0 Å². The molecule has 1 rings (SSSR count). The summed E-state index contributed by atoms with van der Waals surface area (Å²) in [6.07, 6.45) is 0.0970. The van der Waals surface area contributed by atoms with Crippen LogP contribution < -0.4 is 10.6 Å². The van der Waals surface area contributed by atoms with E-state index in [9.17, 15) is 4.79 Å². The summed E-state index contributed by atoms with van der Waals surface area (Å²) in [7, 11) is 0. The molecule has 0 unspecified atom stereocenters. The number of nitrogens with two attached hydrogens (primary N) is 1. The van der Waals surface area contributed by atoms with E-state index in [1.165, 1.54) is 0 Å². The van der Waals surface area contributed by atoms with Crippen molar-refractivity contribution in [2.24, 2.45) is 5.90 Å². The molecule has 0 heterocycles. The first kappa shape index (κ1) is 13.5. The van der Waals surface area contributed by atoms with E-state index in [-0.39, 0.29) is 12.0 Å². The van der Waals surface area contributed by atoms with Crippen molar-refractivity contribution in [3.63, 3.8) is 0 Å². The van der Waals surface area contributed by atoms with E-state index < -0.39 is 5.97 Å². The van der Waals surface area contributed by atoms with E-state index in [0.717, 1.165) is 11.3 Å². The molecule has 0 aliphatic rings. The van der Waals surface area contributed by atoms with Gasteiger partial charge in [0.1, 0.15) is 5.75 Å². The molecule has 0 aliphatic carbocycles. The van der Waals surface area contributed by atoms with Gasteiger partial charge in [-0.1, -0.05) is 13.8 Å². The Balaban J connectivity index is 3.12. The van der Waals surface area contributed by atoms with Gasteiger partial charge in [-0.15, -0.1) is 0 Å². The highest BCUT2D eigenvalue weighted by atomic mass is 16.7. The highest BCUT2D eigenvalue weighted by Crippen LogP contribution is 2.28. The third kappa shape index (κ3) is 3.46. The molecule has 0 fully saturated rings. The molecule has 4 nitrogen and oxygen atoms in total. The lowest BCUT2D eigenvalue weighted by atomic mass is 9.99. The molecule has 0 saturated carbocycles. The van der Waals surface area contributed by atoms with Gasteiger partial charge in [-0.05, 0) is 43.5 Å². The van der Waals surface area contributed by atoms with Crippen molar-refractivity contribution in [1.82, 2.24) is 0 Å². The van der Waals surface area contributed by atoms with Crippen molar-refractivity contribution in [2.75, 3.05) is 0 Å². The fourth-order valence-electron chi connectivity index (χ4n) is 1.56. The predicted molar refractivity (Wildman–Crippen MR) is 65.9 cm³/mol. The molecule has 0 saturated heterocycles. The second-order valence-electron chi connectivity index (χ2n) is 4.48. The van der Waals surface area contributed by atoms with Gasteiger partial charge in [-0.25, -0.2) is 4.79 Å². The number of hydrogen-bond acceptors (Lipinski definition) is 4. The van der Waals surface area contributed by atoms with Crippen LogP contribution in [-0.4, -0.2) is 12.1 Å². The van der Waals surface area contributed by atoms with Gasteiger partial charge in [0, 0.05) is 0 Å². The molecular weight excluding hydrogens is 218 g/mol. The SMILES string of the molecule is CC(C)Oc1ccc(C(=O)ON)cc1C(C)C. The van der Waals surface area contributed by atoms with Crippen molar-refractivity contribution < 1.29 is 14.4 Å². The van der Waals surface area contributed by atoms with E-state index in [0.29, 0.717) is 5.56 Å². The molecule has 0 radical (unpaired) electrons. The van der Waals surface area contributed by atoms with Gasteiger partial charge >= 0.3 is 5.97 Å². The molecule has 2 N–H and O–H groups in total. The predicted octanol–water partition coefficient (Wildman–Crippen LogP) is 2.63. The third-order valence-electron chi connectivity index (χ3n) is 2.34. The maximum absolute atomic E-state index is 11.3. The first-order valence-corrected chi connectivity index (χ1v) is 5.67. The van der Waals surface area contributed by atoms with E-state index in [1.807, 2.05) is 27.7 Å². The summed E-state index contributed by atoms with van der Waals surface area (Å²) in [5, 5.41) is 0. The van der Waals surface area contributed by atoms with Gasteiger partial charge in [0.05, 0.1) is 11.7 Å². The third-order valence-corrected chi connectivity index (χ3v) is 2.34. The fourth-order valence-corrected chi connectivity index (χ4v) is 1.56. The molecule has 0 aliphatic heterocycles. The van der Waals surface area contributed by atoms with Crippen LogP contribution in [0.3, 0.4) is 0 Å². The minimum atomic E-state index is -0.539. The fraction of sp³-hybridized carbons (Fsp3) is 0.462. The molecule has 0 atom stereocenters. The van der Waals surface area contributed by atoms with Crippen molar-refractivity contribution >= 4 is 5.97 Å². The monoisotopic (exact) mass is 237 g/mol. The van der Waals surface area contributed by atoms with Gasteiger partial charge in [-0.2, -0.15) is 5.90 Å². The van der Waals surface area contributed by atoms with Crippen LogP contribution >= 0.6 is 0 Å². The first-order valence-electron chi connectivity index (χ1n) is 5.67. The van der Waals surface area contributed by atoms with Gasteiger partial charge in [-0.3, -0.25) is 0 Å². The number of hydrogen-bond donors (Lipinski definition) is 1. The molecule has 1 aromatic carbocycles. The second kappa shape index (κ2) is 5.68. The highest BCUT2D eigenvalue weighted by Gasteiger charge is 2.14. The van der Waals surface area contributed by atoms with Crippen LogP contribution in [0.15, 0.2) is 18.2 Å². The lowest BCUT2D eigenvalue weighted by Gasteiger charge is -2.17. The number of carbonyl (C=O) groups is 1. The summed E-state index contributed by atoms with van der Waals surface area (Å²) in [6, 6.07) is 5.19. The summed E-state index contributed by atoms with van der Waals surface area (Å²) in [5.74, 6) is 5.38. The van der Waals surface area contributed by atoms with Crippen molar-refractivity contribution in [3.8, 4) is 5.75 Å². The summed E-state index contributed by atoms with van der Waals surface area (Å²) >= 11 is 0. The van der Waals surface area contributed by atoms with E-state index in [2.05, 4.69) is 4.84 Å². The molecule has 0 bridgehead atoms. The normalized spacial score (nSPS) is 10.8. The Hall–Kier alpha value is -1.55. The van der Waals surface area contributed by atoms with Crippen molar-refractivity contribution in [2.45, 2.75) is 39.7 Å². The summed E-state index contributed by atoms with van der Waals surface area (Å²) in [4.78, 5) is 15.5. The van der Waals surface area contributed by atoms with Crippen LogP contribution in [0.5, 0.6) is 5.75 Å². The second-order valence-corrected chi connectivity index (χ2v) is 4.48. The van der Waals surface area contributed by atoms with Crippen LogP contribution in [0.2, 0.25) is 0 Å². The van der Waals surface area contributed by atoms with Crippen LogP contribution in [0.4, 0.5) is 0 Å². The van der Waals surface area contributed by atoms with Crippen LogP contribution in [0.25, 0.3) is 0 Å².